The van der Waals surface area contributed by atoms with Crippen LogP contribution in [-0.2, 0) is 20.9 Å². The first-order valence-corrected chi connectivity index (χ1v) is 15.2. The molecule has 0 bridgehead atoms. The lowest BCUT2D eigenvalue weighted by atomic mass is 9.65. The molecule has 1 aromatic heterocycles. The standard InChI is InChI=1S/C34H34N4O10/c1-41-23-7-6-17(8-24(23)42-2)22-13-38(37-36-22)14-29(39)35-32-20-12-26-25(47-16-48-26)11-19(20)30(31-21(32)15-46-34(31)40)18-9-27(43-3)33(45-5)28(10-18)44-4/h6-13,21,30-32H,14-16H2,1-5H3,(H,35,39)/t21-,30+,31-,32+/m0/s1. The Morgan fingerprint density at radius 1 is 0.854 bits per heavy atom. The molecule has 14 nitrogen and oxygen atoms in total. The highest BCUT2D eigenvalue weighted by Crippen LogP contribution is 2.55. The quantitative estimate of drug-likeness (QED) is 0.248. The highest BCUT2D eigenvalue weighted by molar-refractivity contribution is 5.81. The van der Waals surface area contributed by atoms with Crippen LogP contribution < -0.4 is 38.5 Å². The number of amides is 1. The minimum absolute atomic E-state index is 0.0632. The van der Waals surface area contributed by atoms with Crippen LogP contribution in [0.15, 0.2) is 48.7 Å². The van der Waals surface area contributed by atoms with Gasteiger partial charge >= 0.3 is 5.97 Å². The van der Waals surface area contributed by atoms with Gasteiger partial charge in [-0.15, -0.1) is 5.10 Å². The zero-order valence-electron chi connectivity index (χ0n) is 27.0. The van der Waals surface area contributed by atoms with Crippen molar-refractivity contribution in [2.24, 2.45) is 11.8 Å². The molecule has 1 saturated heterocycles. The second kappa shape index (κ2) is 12.5. The minimum Gasteiger partial charge on any atom is -0.493 e. The number of hydrogen-bond acceptors (Lipinski definition) is 12. The molecule has 1 amide bonds. The Morgan fingerprint density at radius 2 is 1.54 bits per heavy atom. The van der Waals surface area contributed by atoms with E-state index in [4.69, 9.17) is 37.9 Å². The lowest BCUT2D eigenvalue weighted by molar-refractivity contribution is -0.141. The Morgan fingerprint density at radius 3 is 2.21 bits per heavy atom. The monoisotopic (exact) mass is 658 g/mol. The molecule has 0 radical (unpaired) electrons. The molecule has 3 aromatic carbocycles. The molecule has 250 valence electrons. The van der Waals surface area contributed by atoms with Gasteiger partial charge in [-0.3, -0.25) is 9.59 Å². The van der Waals surface area contributed by atoms with Crippen molar-refractivity contribution in [3.05, 3.63) is 65.4 Å². The molecule has 2 aliphatic heterocycles. The molecule has 48 heavy (non-hydrogen) atoms. The summed E-state index contributed by atoms with van der Waals surface area (Å²) in [7, 11) is 7.73. The van der Waals surface area contributed by atoms with E-state index in [0.29, 0.717) is 45.9 Å². The molecule has 1 aliphatic carbocycles. The predicted octanol–water partition coefficient (Wildman–Crippen LogP) is 3.51. The van der Waals surface area contributed by atoms with Gasteiger partial charge in [0.05, 0.1) is 60.3 Å². The van der Waals surface area contributed by atoms with E-state index in [-0.39, 0.29) is 31.8 Å². The molecule has 1 fully saturated rings. The van der Waals surface area contributed by atoms with E-state index in [2.05, 4.69) is 15.6 Å². The van der Waals surface area contributed by atoms with Crippen LogP contribution in [0.1, 0.15) is 28.7 Å². The summed E-state index contributed by atoms with van der Waals surface area (Å²) in [6, 6.07) is 12.2. The van der Waals surface area contributed by atoms with Gasteiger partial charge < -0.3 is 43.2 Å². The van der Waals surface area contributed by atoms with Gasteiger partial charge in [-0.25, -0.2) is 4.68 Å². The fourth-order valence-electron chi connectivity index (χ4n) is 6.90. The van der Waals surface area contributed by atoms with Crippen LogP contribution >= 0.6 is 0 Å². The van der Waals surface area contributed by atoms with Crippen LogP contribution in [-0.4, -0.2) is 75.8 Å². The summed E-state index contributed by atoms with van der Waals surface area (Å²) in [4.78, 5) is 27.1. The number of nitrogens with zero attached hydrogens (tertiary/aromatic N) is 3. The first-order chi connectivity index (χ1) is 23.4. The molecule has 4 atom stereocenters. The first kappa shape index (κ1) is 31.0. The lowest BCUT2D eigenvalue weighted by Gasteiger charge is -2.39. The smallest absolute Gasteiger partial charge is 0.310 e. The summed E-state index contributed by atoms with van der Waals surface area (Å²) in [5, 5.41) is 11.6. The van der Waals surface area contributed by atoms with Crippen LogP contribution in [0.25, 0.3) is 11.3 Å². The van der Waals surface area contributed by atoms with Crippen molar-refractivity contribution >= 4 is 11.9 Å². The van der Waals surface area contributed by atoms with Crippen molar-refractivity contribution in [1.29, 1.82) is 0 Å². The maximum absolute atomic E-state index is 13.6. The van der Waals surface area contributed by atoms with E-state index >= 15 is 0 Å². The number of ether oxygens (including phenoxy) is 8. The molecule has 4 aromatic rings. The Labute approximate surface area is 275 Å². The number of rotatable bonds is 10. The summed E-state index contributed by atoms with van der Waals surface area (Å²) in [6.07, 6.45) is 1.68. The molecule has 1 N–H and O–H groups in total. The van der Waals surface area contributed by atoms with Gasteiger partial charge in [0.2, 0.25) is 18.4 Å². The number of methoxy groups -OCH3 is 5. The molecule has 0 unspecified atom stereocenters. The maximum atomic E-state index is 13.6. The molecule has 0 spiro atoms. The zero-order chi connectivity index (χ0) is 33.5. The van der Waals surface area contributed by atoms with Crippen LogP contribution in [0.5, 0.6) is 40.2 Å². The van der Waals surface area contributed by atoms with E-state index in [9.17, 15) is 9.59 Å². The summed E-state index contributed by atoms with van der Waals surface area (Å²) >= 11 is 0. The van der Waals surface area contributed by atoms with Crippen LogP contribution in [0, 0.1) is 11.8 Å². The van der Waals surface area contributed by atoms with E-state index in [1.165, 1.54) is 26.0 Å². The number of esters is 1. The molecule has 3 heterocycles. The number of carbonyl (C=O) groups excluding carboxylic acids is 2. The topological polar surface area (TPSA) is 151 Å². The van der Waals surface area contributed by atoms with Gasteiger partial charge in [0.1, 0.15) is 12.2 Å². The van der Waals surface area contributed by atoms with E-state index in [0.717, 1.165) is 22.3 Å². The van der Waals surface area contributed by atoms with Crippen molar-refractivity contribution in [3.63, 3.8) is 0 Å². The average molecular weight is 659 g/mol. The Kier molecular flexibility index (Phi) is 8.07. The molecule has 0 saturated carbocycles. The number of carbonyl (C=O) groups is 2. The minimum atomic E-state index is -0.631. The van der Waals surface area contributed by atoms with Gasteiger partial charge in [-0.2, -0.15) is 0 Å². The summed E-state index contributed by atoms with van der Waals surface area (Å²) in [6.45, 7) is 0.0723. The maximum Gasteiger partial charge on any atom is 0.310 e. The summed E-state index contributed by atoms with van der Waals surface area (Å²) in [5.41, 5.74) is 3.64. The van der Waals surface area contributed by atoms with Crippen LogP contribution in [0.4, 0.5) is 0 Å². The number of aromatic nitrogens is 3. The van der Waals surface area contributed by atoms with Gasteiger partial charge in [0.25, 0.3) is 0 Å². The number of fused-ring (bicyclic) bond motifs is 3. The summed E-state index contributed by atoms with van der Waals surface area (Å²) in [5.74, 6) is 1.39. The number of nitrogens with one attached hydrogen (secondary N) is 1. The average Bonchev–Trinajstić information content (AvgIpc) is 3.86. The molecular formula is C34H34N4O10. The number of benzene rings is 3. The van der Waals surface area contributed by atoms with Crippen molar-refractivity contribution in [3.8, 4) is 51.5 Å². The zero-order valence-corrected chi connectivity index (χ0v) is 27.0. The predicted molar refractivity (Wildman–Crippen MR) is 168 cm³/mol. The van der Waals surface area contributed by atoms with Crippen molar-refractivity contribution in [2.75, 3.05) is 48.9 Å². The SMILES string of the molecule is COc1ccc(-c2cn(CC(=O)N[C@@H]3c4cc5c(cc4[C@@H](c4cc(OC)c(OC)c(OC)c4)[C@H]4C(=O)OC[C@@H]43)OCO5)nn2)cc1OC. The van der Waals surface area contributed by atoms with Gasteiger partial charge in [-0.05, 0) is 59.2 Å². The fourth-order valence-corrected chi connectivity index (χ4v) is 6.90. The normalized spacial score (nSPS) is 20.3. The second-order valence-electron chi connectivity index (χ2n) is 11.5. The van der Waals surface area contributed by atoms with Gasteiger partial charge in [-0.1, -0.05) is 5.21 Å². The van der Waals surface area contributed by atoms with Crippen molar-refractivity contribution in [1.82, 2.24) is 20.3 Å². The fraction of sp³-hybridized carbons (Fsp3) is 0.353. The van der Waals surface area contributed by atoms with Gasteiger partial charge in [0, 0.05) is 17.4 Å². The number of cyclic esters (lactones) is 1. The highest BCUT2D eigenvalue weighted by atomic mass is 16.7. The number of hydrogen-bond donors (Lipinski definition) is 1. The van der Waals surface area contributed by atoms with Crippen molar-refractivity contribution < 1.29 is 47.5 Å². The van der Waals surface area contributed by atoms with Crippen LogP contribution in [0.2, 0.25) is 0 Å². The van der Waals surface area contributed by atoms with Crippen molar-refractivity contribution in [2.45, 2.75) is 18.5 Å². The van der Waals surface area contributed by atoms with E-state index < -0.39 is 23.8 Å². The highest BCUT2D eigenvalue weighted by Gasteiger charge is 2.53. The first-order valence-electron chi connectivity index (χ1n) is 15.2. The van der Waals surface area contributed by atoms with Gasteiger partial charge in [0.15, 0.2) is 34.5 Å². The van der Waals surface area contributed by atoms with E-state index in [1.54, 1.807) is 32.5 Å². The summed E-state index contributed by atoms with van der Waals surface area (Å²) < 4.78 is 46.2. The third kappa shape index (κ3) is 5.22. The molecule has 3 aliphatic rings. The lowest BCUT2D eigenvalue weighted by Crippen LogP contribution is -2.43. The third-order valence-corrected chi connectivity index (χ3v) is 9.07. The Bertz CT molecular complexity index is 1870. The molecule has 14 heteroatoms. The van der Waals surface area contributed by atoms with E-state index in [1.807, 2.05) is 30.3 Å². The largest absolute Gasteiger partial charge is 0.493 e. The second-order valence-corrected chi connectivity index (χ2v) is 11.5. The Balaban J connectivity index is 1.23. The molecular weight excluding hydrogens is 624 g/mol. The Hall–Kier alpha value is -5.66. The third-order valence-electron chi connectivity index (χ3n) is 9.07. The molecule has 7 rings (SSSR count). The van der Waals surface area contributed by atoms with Crippen LogP contribution in [0.3, 0.4) is 0 Å².